The van der Waals surface area contributed by atoms with Crippen molar-refractivity contribution in [2.75, 3.05) is 26.2 Å². The summed E-state index contributed by atoms with van der Waals surface area (Å²) in [7, 11) is -2.41. The quantitative estimate of drug-likeness (QED) is 0.211. The SMILES string of the molecule is CC(=O)O[BH-](OC(C)=O)OC(C)=O.CCCC[N+](CCCC)(CCCC)CCCC.[F-].[Na+]. The van der Waals surface area contributed by atoms with E-state index in [1.165, 1.54) is 82.0 Å². The summed E-state index contributed by atoms with van der Waals surface area (Å²) in [6.07, 6.45) is 11.1. The summed E-state index contributed by atoms with van der Waals surface area (Å²) in [5.74, 6) is -2.03. The molecule has 0 aromatic heterocycles. The van der Waals surface area contributed by atoms with Crippen LogP contribution in [0.5, 0.6) is 0 Å². The van der Waals surface area contributed by atoms with Crippen LogP contribution >= 0.6 is 0 Å². The first kappa shape index (κ1) is 38.6. The van der Waals surface area contributed by atoms with Crippen LogP contribution in [0, 0.1) is 0 Å². The maximum atomic E-state index is 10.4. The first-order valence-electron chi connectivity index (χ1n) is 11.7. The molecule has 0 aliphatic heterocycles. The van der Waals surface area contributed by atoms with E-state index < -0.39 is 25.2 Å². The van der Waals surface area contributed by atoms with E-state index in [9.17, 15) is 14.4 Å². The van der Waals surface area contributed by atoms with Crippen LogP contribution in [0.3, 0.4) is 0 Å². The molecule has 0 aliphatic carbocycles. The molecule has 0 aliphatic rings. The van der Waals surface area contributed by atoms with Crippen molar-refractivity contribution in [2.45, 2.75) is 99.8 Å². The molecule has 0 atom stereocenters. The predicted molar refractivity (Wildman–Crippen MR) is 122 cm³/mol. The normalized spacial score (nSPS) is 10.1. The largest absolute Gasteiger partial charge is 1.00 e. The molecular formula is C22H46BFNNaO6. The van der Waals surface area contributed by atoms with Crippen molar-refractivity contribution in [1.29, 1.82) is 0 Å². The first-order chi connectivity index (χ1) is 14.2. The predicted octanol–water partition coefficient (Wildman–Crippen LogP) is -1.60. The number of unbranched alkanes of at least 4 members (excludes halogenated alkanes) is 4. The molecule has 0 aromatic rings. The molecular weight excluding hydrogens is 427 g/mol. The Morgan fingerprint density at radius 3 is 0.969 bits per heavy atom. The number of hydrogen-bond donors (Lipinski definition) is 0. The van der Waals surface area contributed by atoms with Crippen LogP contribution in [-0.2, 0) is 28.3 Å². The molecule has 186 valence electrons. The van der Waals surface area contributed by atoms with Gasteiger partial charge in [-0.1, -0.05) is 53.4 Å². The van der Waals surface area contributed by atoms with Crippen LogP contribution in [0.2, 0.25) is 0 Å². The van der Waals surface area contributed by atoms with Gasteiger partial charge in [0.25, 0.3) is 17.9 Å². The zero-order valence-corrected chi connectivity index (χ0v) is 24.0. The third-order valence-corrected chi connectivity index (χ3v) is 4.91. The molecule has 0 N–H and O–H groups in total. The van der Waals surface area contributed by atoms with Gasteiger partial charge in [-0.2, -0.15) is 0 Å². The smallest absolute Gasteiger partial charge is 1.00 e. The molecule has 0 spiro atoms. The van der Waals surface area contributed by atoms with Gasteiger partial charge in [0.15, 0.2) is 0 Å². The average molecular weight is 473 g/mol. The Kier molecular flexibility index (Phi) is 30.2. The van der Waals surface area contributed by atoms with Crippen LogP contribution in [0.15, 0.2) is 0 Å². The second-order valence-corrected chi connectivity index (χ2v) is 7.91. The monoisotopic (exact) mass is 473 g/mol. The minimum atomic E-state index is -2.41. The number of carbonyl (C=O) groups excluding carboxylic acids is 3. The van der Waals surface area contributed by atoms with Crippen LogP contribution in [0.25, 0.3) is 0 Å². The number of halogens is 1. The van der Waals surface area contributed by atoms with Gasteiger partial charge < -0.3 is 23.2 Å². The Hall–Kier alpha value is -0.635. The van der Waals surface area contributed by atoms with Crippen molar-refractivity contribution in [3.63, 3.8) is 0 Å². The number of carbonyl (C=O) groups is 3. The maximum absolute atomic E-state index is 10.4. The fourth-order valence-electron chi connectivity index (χ4n) is 3.23. The topological polar surface area (TPSA) is 78.9 Å². The van der Waals surface area contributed by atoms with E-state index in [1.54, 1.807) is 0 Å². The van der Waals surface area contributed by atoms with E-state index in [1.807, 2.05) is 0 Å². The molecule has 0 fully saturated rings. The van der Waals surface area contributed by atoms with Gasteiger partial charge in [-0.05, 0) is 25.7 Å². The van der Waals surface area contributed by atoms with Gasteiger partial charge >= 0.3 is 36.9 Å². The number of hydrogen-bond acceptors (Lipinski definition) is 6. The maximum Gasteiger partial charge on any atom is 1.00 e. The molecule has 7 nitrogen and oxygen atoms in total. The summed E-state index contributed by atoms with van der Waals surface area (Å²) in [5, 5.41) is 0. The van der Waals surface area contributed by atoms with Gasteiger partial charge in [0.2, 0.25) is 0 Å². The Morgan fingerprint density at radius 1 is 0.594 bits per heavy atom. The Labute approximate surface area is 217 Å². The minimum absolute atomic E-state index is 0. The fraction of sp³-hybridized carbons (Fsp3) is 0.864. The second-order valence-electron chi connectivity index (χ2n) is 7.91. The summed E-state index contributed by atoms with van der Waals surface area (Å²) >= 11 is 0. The first-order valence-corrected chi connectivity index (χ1v) is 11.7. The summed E-state index contributed by atoms with van der Waals surface area (Å²) < 4.78 is 14.7. The molecule has 0 saturated heterocycles. The minimum Gasteiger partial charge on any atom is -1.00 e. The van der Waals surface area contributed by atoms with Crippen molar-refractivity contribution < 1.29 is 67.1 Å². The fourth-order valence-corrected chi connectivity index (χ4v) is 3.23. The van der Waals surface area contributed by atoms with Crippen LogP contribution in [0.4, 0.5) is 0 Å². The summed E-state index contributed by atoms with van der Waals surface area (Å²) in [6, 6.07) is 0. The van der Waals surface area contributed by atoms with E-state index in [4.69, 9.17) is 0 Å². The molecule has 0 bridgehead atoms. The van der Waals surface area contributed by atoms with E-state index in [0.29, 0.717) is 0 Å². The van der Waals surface area contributed by atoms with E-state index in [-0.39, 0.29) is 34.3 Å². The van der Waals surface area contributed by atoms with Gasteiger partial charge in [0.05, 0.1) is 26.2 Å². The summed E-state index contributed by atoms with van der Waals surface area (Å²) in [5.41, 5.74) is 0. The van der Waals surface area contributed by atoms with Crippen LogP contribution in [-0.4, -0.2) is 55.9 Å². The second kappa shape index (κ2) is 25.0. The summed E-state index contributed by atoms with van der Waals surface area (Å²) in [4.78, 5) is 31.3. The molecule has 32 heavy (non-hydrogen) atoms. The summed E-state index contributed by atoms with van der Waals surface area (Å²) in [6.45, 7) is 18.4. The molecule has 10 heteroatoms. The molecule has 0 radical (unpaired) electrons. The van der Waals surface area contributed by atoms with Crippen LogP contribution < -0.4 is 34.3 Å². The van der Waals surface area contributed by atoms with Gasteiger partial charge in [0.1, 0.15) is 0 Å². The van der Waals surface area contributed by atoms with E-state index in [0.717, 1.165) is 20.8 Å². The van der Waals surface area contributed by atoms with Crippen molar-refractivity contribution in [1.82, 2.24) is 0 Å². The van der Waals surface area contributed by atoms with Gasteiger partial charge in [-0.25, -0.2) is 0 Å². The van der Waals surface area contributed by atoms with Crippen molar-refractivity contribution >= 4 is 25.2 Å². The average Bonchev–Trinajstić information content (AvgIpc) is 2.66. The molecule has 0 saturated carbocycles. The molecule has 0 heterocycles. The molecule has 0 amide bonds. The zero-order chi connectivity index (χ0) is 23.4. The van der Waals surface area contributed by atoms with E-state index >= 15 is 0 Å². The standard InChI is InChI=1S/C16H36N.C6H10BO6.FH.Na/c1-5-9-13-17(14-10-6-2,15-11-7-3)16-12-8-4;1-4(8)11-7(12-5(2)9)13-6(3)10;;/h5-16H2,1-4H3;7H,1-3H3;1H;/q+1;-1;;+1/p-1. The Balaban J connectivity index is -0.000000238. The van der Waals surface area contributed by atoms with Crippen molar-refractivity contribution in [2.24, 2.45) is 0 Å². The van der Waals surface area contributed by atoms with Gasteiger partial charge in [-0.3, -0.25) is 14.4 Å². The van der Waals surface area contributed by atoms with Gasteiger partial charge in [-0.15, -0.1) is 0 Å². The molecule has 0 aromatic carbocycles. The zero-order valence-electron chi connectivity index (χ0n) is 22.0. The van der Waals surface area contributed by atoms with Crippen molar-refractivity contribution in [3.8, 4) is 0 Å². The van der Waals surface area contributed by atoms with Crippen LogP contribution in [0.1, 0.15) is 99.8 Å². The number of nitrogens with zero attached hydrogens (tertiary/aromatic N) is 1. The molecule has 0 rings (SSSR count). The number of quaternary nitrogens is 1. The van der Waals surface area contributed by atoms with E-state index in [2.05, 4.69) is 41.7 Å². The van der Waals surface area contributed by atoms with Crippen molar-refractivity contribution in [3.05, 3.63) is 0 Å². The Morgan fingerprint density at radius 2 is 0.812 bits per heavy atom. The van der Waals surface area contributed by atoms with Gasteiger partial charge in [0, 0.05) is 20.8 Å². The Bertz CT molecular complexity index is 410. The third-order valence-electron chi connectivity index (χ3n) is 4.91. The third kappa shape index (κ3) is 24.0. The molecule has 0 unspecified atom stereocenters. The number of rotatable bonds is 15.